The van der Waals surface area contributed by atoms with Gasteiger partial charge in [0.05, 0.1) is 11.8 Å². The van der Waals surface area contributed by atoms with Crippen LogP contribution >= 0.6 is 0 Å². The van der Waals surface area contributed by atoms with E-state index in [4.69, 9.17) is 9.15 Å². The van der Waals surface area contributed by atoms with Gasteiger partial charge in [0, 0.05) is 5.69 Å². The van der Waals surface area contributed by atoms with Gasteiger partial charge < -0.3 is 14.5 Å². The first-order valence-electron chi connectivity index (χ1n) is 5.71. The highest BCUT2D eigenvalue weighted by molar-refractivity contribution is 5.95. The summed E-state index contributed by atoms with van der Waals surface area (Å²) in [4.78, 5) is 23.1. The van der Waals surface area contributed by atoms with Crippen LogP contribution < -0.4 is 5.32 Å². The van der Waals surface area contributed by atoms with E-state index in [0.29, 0.717) is 5.69 Å². The molecule has 2 aromatic rings. The molecule has 19 heavy (non-hydrogen) atoms. The number of amides is 1. The predicted octanol–water partition coefficient (Wildman–Crippen LogP) is 2.38. The Hall–Kier alpha value is -2.56. The average Bonchev–Trinajstić information content (AvgIpc) is 2.93. The molecule has 5 nitrogen and oxygen atoms in total. The van der Waals surface area contributed by atoms with Gasteiger partial charge in [-0.1, -0.05) is 18.2 Å². The van der Waals surface area contributed by atoms with E-state index in [0.717, 1.165) is 5.56 Å². The van der Waals surface area contributed by atoms with Gasteiger partial charge in [-0.25, -0.2) is 4.79 Å². The monoisotopic (exact) mass is 259 g/mol. The van der Waals surface area contributed by atoms with E-state index in [2.05, 4.69) is 5.32 Å². The van der Waals surface area contributed by atoms with Gasteiger partial charge in [0.2, 0.25) is 0 Å². The minimum absolute atomic E-state index is 0.281. The number of furan rings is 1. The van der Waals surface area contributed by atoms with Crippen LogP contribution in [-0.2, 0) is 9.53 Å². The molecular weight excluding hydrogens is 246 g/mol. The molecular formula is C14H13NO4. The number of rotatable bonds is 4. The summed E-state index contributed by atoms with van der Waals surface area (Å²) in [6.07, 6.45) is 2.63. The van der Waals surface area contributed by atoms with E-state index >= 15 is 0 Å². The van der Waals surface area contributed by atoms with Crippen LogP contribution in [0.2, 0.25) is 0 Å². The summed E-state index contributed by atoms with van der Waals surface area (Å²) >= 11 is 0. The molecule has 0 aliphatic carbocycles. The van der Waals surface area contributed by atoms with Gasteiger partial charge in [-0.05, 0) is 24.6 Å². The SMILES string of the molecule is Cc1ccccc1NC(=O)COC(=O)c1ccoc1. The number of nitrogens with one attached hydrogen (secondary N) is 1. The summed E-state index contributed by atoms with van der Waals surface area (Å²) < 4.78 is 9.60. The van der Waals surface area contributed by atoms with Crippen LogP contribution in [0.3, 0.4) is 0 Å². The van der Waals surface area contributed by atoms with Crippen LogP contribution in [-0.4, -0.2) is 18.5 Å². The minimum atomic E-state index is -0.589. The Morgan fingerprint density at radius 3 is 2.74 bits per heavy atom. The maximum absolute atomic E-state index is 11.6. The second kappa shape index (κ2) is 5.86. The van der Waals surface area contributed by atoms with Gasteiger partial charge in [0.1, 0.15) is 6.26 Å². The first kappa shape index (κ1) is 12.9. The molecule has 5 heteroatoms. The zero-order valence-corrected chi connectivity index (χ0v) is 10.4. The highest BCUT2D eigenvalue weighted by atomic mass is 16.5. The molecule has 0 spiro atoms. The third-order valence-electron chi connectivity index (χ3n) is 2.51. The van der Waals surface area contributed by atoms with E-state index in [-0.39, 0.29) is 18.1 Å². The van der Waals surface area contributed by atoms with Crippen LogP contribution in [0.25, 0.3) is 0 Å². The summed E-state index contributed by atoms with van der Waals surface area (Å²) in [7, 11) is 0. The summed E-state index contributed by atoms with van der Waals surface area (Å²) in [6, 6.07) is 8.84. The second-order valence-corrected chi connectivity index (χ2v) is 3.95. The van der Waals surface area contributed by atoms with Crippen LogP contribution in [0.15, 0.2) is 47.3 Å². The maximum atomic E-state index is 11.6. The van der Waals surface area contributed by atoms with Crippen molar-refractivity contribution in [2.75, 3.05) is 11.9 Å². The minimum Gasteiger partial charge on any atom is -0.472 e. The van der Waals surface area contributed by atoms with Crippen molar-refractivity contribution >= 4 is 17.6 Å². The molecule has 0 saturated heterocycles. The van der Waals surface area contributed by atoms with E-state index in [1.165, 1.54) is 18.6 Å². The summed E-state index contributed by atoms with van der Waals surface area (Å²) in [5.74, 6) is -0.972. The van der Waals surface area contributed by atoms with E-state index in [9.17, 15) is 9.59 Å². The molecule has 0 fully saturated rings. The summed E-state index contributed by atoms with van der Waals surface area (Å²) in [6.45, 7) is 1.55. The van der Waals surface area contributed by atoms with Crippen molar-refractivity contribution in [3.63, 3.8) is 0 Å². The Morgan fingerprint density at radius 2 is 2.05 bits per heavy atom. The highest BCUT2D eigenvalue weighted by Gasteiger charge is 2.11. The van der Waals surface area contributed by atoms with Gasteiger partial charge in [0.25, 0.3) is 5.91 Å². The number of benzene rings is 1. The Balaban J connectivity index is 1.86. The normalized spacial score (nSPS) is 9.95. The Morgan fingerprint density at radius 1 is 1.26 bits per heavy atom. The quantitative estimate of drug-likeness (QED) is 0.856. The van der Waals surface area contributed by atoms with Crippen LogP contribution in [0.4, 0.5) is 5.69 Å². The number of carbonyl (C=O) groups excluding carboxylic acids is 2. The zero-order chi connectivity index (χ0) is 13.7. The lowest BCUT2D eigenvalue weighted by Crippen LogP contribution is -2.21. The highest BCUT2D eigenvalue weighted by Crippen LogP contribution is 2.12. The Labute approximate surface area is 110 Å². The third-order valence-corrected chi connectivity index (χ3v) is 2.51. The number of esters is 1. The van der Waals surface area contributed by atoms with E-state index in [1.807, 2.05) is 25.1 Å². The standard InChI is InChI=1S/C14H13NO4/c1-10-4-2-3-5-12(10)15-13(16)9-19-14(17)11-6-7-18-8-11/h2-8H,9H2,1H3,(H,15,16). The first-order chi connectivity index (χ1) is 9.16. The van der Waals surface area contributed by atoms with Gasteiger partial charge in [0.15, 0.2) is 6.61 Å². The number of anilines is 1. The van der Waals surface area contributed by atoms with Crippen LogP contribution in [0, 0.1) is 6.92 Å². The molecule has 1 N–H and O–H groups in total. The van der Waals surface area contributed by atoms with Crippen molar-refractivity contribution in [3.05, 3.63) is 54.0 Å². The van der Waals surface area contributed by atoms with Gasteiger partial charge in [-0.2, -0.15) is 0 Å². The lowest BCUT2D eigenvalue weighted by molar-refractivity contribution is -0.119. The van der Waals surface area contributed by atoms with Crippen molar-refractivity contribution in [1.82, 2.24) is 0 Å². The third kappa shape index (κ3) is 3.45. The fourth-order valence-corrected chi connectivity index (χ4v) is 1.49. The molecule has 0 atom stereocenters. The molecule has 98 valence electrons. The van der Waals surface area contributed by atoms with Crippen molar-refractivity contribution < 1.29 is 18.7 Å². The fraction of sp³-hybridized carbons (Fsp3) is 0.143. The molecule has 1 aromatic carbocycles. The first-order valence-corrected chi connectivity index (χ1v) is 5.71. The van der Waals surface area contributed by atoms with Gasteiger partial charge in [-0.3, -0.25) is 4.79 Å². The molecule has 0 unspecified atom stereocenters. The second-order valence-electron chi connectivity index (χ2n) is 3.95. The topological polar surface area (TPSA) is 68.5 Å². The number of para-hydroxylation sites is 1. The molecule has 0 aliphatic rings. The molecule has 0 aliphatic heterocycles. The number of hydrogen-bond donors (Lipinski definition) is 1. The van der Waals surface area contributed by atoms with Crippen molar-refractivity contribution in [2.45, 2.75) is 6.92 Å². The van der Waals surface area contributed by atoms with E-state index < -0.39 is 5.97 Å². The summed E-state index contributed by atoms with van der Waals surface area (Å²) in [5, 5.41) is 2.67. The van der Waals surface area contributed by atoms with Crippen molar-refractivity contribution in [3.8, 4) is 0 Å². The number of ether oxygens (including phenoxy) is 1. The molecule has 1 aromatic heterocycles. The Kier molecular flexibility index (Phi) is 3.97. The Bertz CT molecular complexity index is 575. The van der Waals surface area contributed by atoms with Gasteiger partial charge >= 0.3 is 5.97 Å². The van der Waals surface area contributed by atoms with Crippen LogP contribution in [0.5, 0.6) is 0 Å². The smallest absolute Gasteiger partial charge is 0.341 e. The van der Waals surface area contributed by atoms with Crippen molar-refractivity contribution in [2.24, 2.45) is 0 Å². The zero-order valence-electron chi connectivity index (χ0n) is 10.4. The molecule has 2 rings (SSSR count). The molecule has 0 saturated carbocycles. The molecule has 0 bridgehead atoms. The fourth-order valence-electron chi connectivity index (χ4n) is 1.49. The lowest BCUT2D eigenvalue weighted by atomic mass is 10.2. The molecule has 1 heterocycles. The maximum Gasteiger partial charge on any atom is 0.341 e. The predicted molar refractivity (Wildman–Crippen MR) is 68.8 cm³/mol. The van der Waals surface area contributed by atoms with Crippen LogP contribution in [0.1, 0.15) is 15.9 Å². The molecule has 1 amide bonds. The number of hydrogen-bond acceptors (Lipinski definition) is 4. The van der Waals surface area contributed by atoms with E-state index in [1.54, 1.807) is 6.07 Å². The summed E-state index contributed by atoms with van der Waals surface area (Å²) in [5.41, 5.74) is 1.92. The average molecular weight is 259 g/mol. The van der Waals surface area contributed by atoms with Gasteiger partial charge in [-0.15, -0.1) is 0 Å². The number of carbonyl (C=O) groups is 2. The van der Waals surface area contributed by atoms with Crippen molar-refractivity contribution in [1.29, 1.82) is 0 Å². The lowest BCUT2D eigenvalue weighted by Gasteiger charge is -2.08. The largest absolute Gasteiger partial charge is 0.472 e. The number of aryl methyl sites for hydroxylation is 1. The molecule has 0 radical (unpaired) electrons.